The third-order valence-electron chi connectivity index (χ3n) is 4.18. The summed E-state index contributed by atoms with van der Waals surface area (Å²) in [4.78, 5) is 57.7. The first kappa shape index (κ1) is 23.4. The van der Waals surface area contributed by atoms with Crippen molar-refractivity contribution < 1.29 is 35.6 Å². The van der Waals surface area contributed by atoms with Crippen LogP contribution in [0.4, 0.5) is 0 Å². The summed E-state index contributed by atoms with van der Waals surface area (Å²) in [5.74, 6) is -4.44. The monoisotopic (exact) mass is 402 g/mol. The highest BCUT2D eigenvalue weighted by molar-refractivity contribution is 5.88. The molecular weight excluding hydrogens is 370 g/mol. The highest BCUT2D eigenvalue weighted by Gasteiger charge is 2.22. The molecule has 0 saturated heterocycles. The Kier molecular flexibility index (Phi) is 11.3. The molecule has 0 aliphatic carbocycles. The third-order valence-corrected chi connectivity index (χ3v) is 4.18. The largest absolute Gasteiger partial charge is 0.480 e. The van der Waals surface area contributed by atoms with E-state index in [1.165, 1.54) is 6.92 Å². The molecule has 160 valence electrons. The van der Waals surface area contributed by atoms with Crippen molar-refractivity contribution in [2.45, 2.75) is 71.4 Å². The van der Waals surface area contributed by atoms with Crippen LogP contribution in [0.25, 0.3) is 0 Å². The van der Waals surface area contributed by atoms with Crippen LogP contribution in [-0.2, 0) is 24.0 Å². The minimum Gasteiger partial charge on any atom is -0.480 e. The number of aliphatic carboxylic acids is 2. The van der Waals surface area contributed by atoms with Crippen LogP contribution < -0.4 is 15.9 Å². The molecule has 0 heterocycles. The highest BCUT2D eigenvalue weighted by Crippen LogP contribution is 2.15. The molecule has 1 unspecified atom stereocenters. The van der Waals surface area contributed by atoms with Crippen molar-refractivity contribution in [3.05, 3.63) is 0 Å². The molecule has 0 rings (SSSR count). The second kappa shape index (κ2) is 13.5. The fraction of sp³-hybridized carbons (Fsp3) is 0.722. The number of carbonyl (C=O) groups is 5. The number of amides is 3. The van der Waals surface area contributed by atoms with Crippen LogP contribution >= 0.6 is 0 Å². The van der Waals surface area contributed by atoms with Gasteiger partial charge in [0.05, 0.1) is 6.54 Å². The van der Waals surface area contributed by atoms with Crippen LogP contribution in [0.2, 0.25) is 1.41 Å². The first-order valence-electron chi connectivity index (χ1n) is 9.79. The van der Waals surface area contributed by atoms with Crippen LogP contribution in [0.3, 0.4) is 0 Å². The molecule has 0 radical (unpaired) electrons. The molecule has 0 aromatic heterocycles. The van der Waals surface area contributed by atoms with Crippen LogP contribution in [-0.4, -0.2) is 58.5 Å². The number of carboxylic acids is 2. The van der Waals surface area contributed by atoms with Gasteiger partial charge in [-0.05, 0) is 19.3 Å². The first-order chi connectivity index (χ1) is 13.5. The van der Waals surface area contributed by atoms with Crippen molar-refractivity contribution in [2.24, 2.45) is 5.92 Å². The molecule has 10 nitrogen and oxygen atoms in total. The minimum absolute atomic E-state index is 0.159. The second-order valence-electron chi connectivity index (χ2n) is 6.60. The zero-order chi connectivity index (χ0) is 22.6. The number of carbonyl (C=O) groups excluding carboxylic acids is 3. The molecule has 0 aliphatic rings. The Balaban J connectivity index is 4.58. The summed E-state index contributed by atoms with van der Waals surface area (Å²) in [6.45, 7) is 4.51. The summed E-state index contributed by atoms with van der Waals surface area (Å²) >= 11 is 0. The van der Waals surface area contributed by atoms with Crippen molar-refractivity contribution in [1.82, 2.24) is 15.9 Å². The molecule has 0 fully saturated rings. The molecular formula is C18H31N3O7. The summed E-state index contributed by atoms with van der Waals surface area (Å²) in [7, 11) is 0. The molecule has 0 aromatic carbocycles. The molecule has 5 N–H and O–H groups in total. The summed E-state index contributed by atoms with van der Waals surface area (Å²) in [6, 6.07) is -2.45. The van der Waals surface area contributed by atoms with E-state index in [4.69, 9.17) is 6.52 Å². The van der Waals surface area contributed by atoms with Gasteiger partial charge in [0.1, 0.15) is 12.1 Å². The van der Waals surface area contributed by atoms with Crippen molar-refractivity contribution in [3.8, 4) is 0 Å². The van der Waals surface area contributed by atoms with Gasteiger partial charge in [0.15, 0.2) is 1.41 Å². The van der Waals surface area contributed by atoms with Gasteiger partial charge in [-0.2, -0.15) is 0 Å². The first-order valence-corrected chi connectivity index (χ1v) is 9.35. The van der Waals surface area contributed by atoms with E-state index < -0.39 is 48.3 Å². The Morgan fingerprint density at radius 3 is 2.07 bits per heavy atom. The van der Waals surface area contributed by atoms with Crippen molar-refractivity contribution in [3.63, 3.8) is 0 Å². The molecule has 0 aromatic rings. The average molecular weight is 402 g/mol. The fourth-order valence-electron chi connectivity index (χ4n) is 2.49. The van der Waals surface area contributed by atoms with Gasteiger partial charge in [-0.1, -0.05) is 33.1 Å². The lowest BCUT2D eigenvalue weighted by Crippen LogP contribution is -2.45. The van der Waals surface area contributed by atoms with E-state index in [2.05, 4.69) is 10.6 Å². The van der Waals surface area contributed by atoms with Gasteiger partial charge in [-0.3, -0.25) is 19.2 Å². The van der Waals surface area contributed by atoms with E-state index in [9.17, 15) is 29.1 Å². The van der Waals surface area contributed by atoms with Crippen molar-refractivity contribution >= 4 is 29.7 Å². The summed E-state index contributed by atoms with van der Waals surface area (Å²) in [5.41, 5.74) is 0. The van der Waals surface area contributed by atoms with Crippen LogP contribution in [0.5, 0.6) is 0 Å². The highest BCUT2D eigenvalue weighted by atomic mass is 16.4. The van der Waals surface area contributed by atoms with Crippen molar-refractivity contribution in [1.29, 1.82) is 0 Å². The summed E-state index contributed by atoms with van der Waals surface area (Å²) in [6.07, 6.45) is 2.18. The zero-order valence-corrected chi connectivity index (χ0v) is 16.6. The van der Waals surface area contributed by atoms with Crippen molar-refractivity contribution in [2.75, 3.05) is 6.54 Å². The molecule has 0 saturated carbocycles. The second-order valence-corrected chi connectivity index (χ2v) is 6.60. The normalized spacial score (nSPS) is 14.2. The topological polar surface area (TPSA) is 162 Å². The van der Waals surface area contributed by atoms with Gasteiger partial charge in [0.2, 0.25) is 17.7 Å². The molecule has 0 aliphatic heterocycles. The van der Waals surface area contributed by atoms with E-state index in [0.29, 0.717) is 5.31 Å². The predicted molar refractivity (Wildman–Crippen MR) is 100 cm³/mol. The molecule has 28 heavy (non-hydrogen) atoms. The smallest absolute Gasteiger partial charge is 0.326 e. The Morgan fingerprint density at radius 1 is 0.929 bits per heavy atom. The molecule has 3 atom stereocenters. The standard InChI is InChI=1S/C18H31N3O7/c1-4-6-12(5-2)9-15(23)21-13(18(27)28)7-8-14(22)19-10-16(24)20-11(3)17(25)26/h11-13H,4-10H2,1-3H3,(H,19,22)(H,20,24)(H,21,23)(H,25,26)(H,27,28)/t11-,12?,13+/m0/s1/i/hD. The minimum atomic E-state index is -1.29. The number of hydrogen-bond acceptors (Lipinski definition) is 5. The molecule has 3 amide bonds. The van der Waals surface area contributed by atoms with Crippen LogP contribution in [0, 0.1) is 5.92 Å². The van der Waals surface area contributed by atoms with E-state index >= 15 is 0 Å². The SMILES string of the molecule is [2H]N(CC(=O)N[C@@H](C)C(=O)O)C(=O)CC[C@@H](NC(=O)CC(CC)CCC)C(=O)O. The Morgan fingerprint density at radius 2 is 1.57 bits per heavy atom. The van der Waals surface area contributed by atoms with E-state index in [1.54, 1.807) is 0 Å². The van der Waals surface area contributed by atoms with Gasteiger partial charge in [0, 0.05) is 12.8 Å². The maximum absolute atomic E-state index is 12.1. The number of hydrogen-bond donors (Lipinski definition) is 5. The number of nitrogens with one attached hydrogen (secondary N) is 3. The van der Waals surface area contributed by atoms with Gasteiger partial charge >= 0.3 is 11.9 Å². The lowest BCUT2D eigenvalue weighted by Gasteiger charge is -2.17. The van der Waals surface area contributed by atoms with Gasteiger partial charge in [-0.15, -0.1) is 0 Å². The third kappa shape index (κ3) is 11.1. The predicted octanol–water partition coefficient (Wildman–Crippen LogP) is 0.258. The van der Waals surface area contributed by atoms with Gasteiger partial charge < -0.3 is 26.2 Å². The van der Waals surface area contributed by atoms with E-state index in [-0.39, 0.29) is 25.2 Å². The lowest BCUT2D eigenvalue weighted by atomic mass is 9.96. The van der Waals surface area contributed by atoms with E-state index in [0.717, 1.165) is 19.3 Å². The number of carboxylic acid groups (broad SMARTS) is 2. The average Bonchev–Trinajstić information content (AvgIpc) is 2.63. The number of rotatable bonds is 14. The fourth-order valence-corrected chi connectivity index (χ4v) is 2.49. The summed E-state index contributed by atoms with van der Waals surface area (Å²) in [5, 5.41) is 22.8. The van der Waals surface area contributed by atoms with Crippen LogP contribution in [0.1, 0.15) is 59.3 Å². The Hall–Kier alpha value is -2.65. The van der Waals surface area contributed by atoms with Gasteiger partial charge in [-0.25, -0.2) is 4.79 Å². The lowest BCUT2D eigenvalue weighted by molar-refractivity contribution is -0.142. The van der Waals surface area contributed by atoms with Crippen LogP contribution in [0.15, 0.2) is 0 Å². The zero-order valence-electron chi connectivity index (χ0n) is 17.6. The molecule has 0 bridgehead atoms. The quantitative estimate of drug-likeness (QED) is 0.278. The molecule has 0 spiro atoms. The maximum atomic E-state index is 12.1. The maximum Gasteiger partial charge on any atom is 0.326 e. The summed E-state index contributed by atoms with van der Waals surface area (Å²) < 4.78 is 7.56. The molecule has 10 heteroatoms. The van der Waals surface area contributed by atoms with Gasteiger partial charge in [0.25, 0.3) is 0 Å². The Labute approximate surface area is 165 Å². The Bertz CT molecular complexity index is 600. The van der Waals surface area contributed by atoms with E-state index in [1.807, 2.05) is 13.8 Å².